The number of ether oxygens (including phenoxy) is 1. The highest BCUT2D eigenvalue weighted by Crippen LogP contribution is 2.25. The van der Waals surface area contributed by atoms with Crippen molar-refractivity contribution in [3.05, 3.63) is 29.8 Å². The highest BCUT2D eigenvalue weighted by Gasteiger charge is 2.31. The van der Waals surface area contributed by atoms with Gasteiger partial charge >= 0.3 is 6.36 Å². The Hall–Kier alpha value is -1.23. The number of benzene rings is 1. The predicted octanol–water partition coefficient (Wildman–Crippen LogP) is 2.74. The molecule has 5 heteroatoms. The van der Waals surface area contributed by atoms with Crippen LogP contribution in [0.3, 0.4) is 0 Å². The van der Waals surface area contributed by atoms with E-state index in [0.29, 0.717) is 5.92 Å². The molecule has 1 N–H and O–H groups in total. The number of hydrogen-bond acceptors (Lipinski definition) is 2. The van der Waals surface area contributed by atoms with Crippen molar-refractivity contribution in [2.45, 2.75) is 19.2 Å². The van der Waals surface area contributed by atoms with Gasteiger partial charge in [-0.1, -0.05) is 12.1 Å². The van der Waals surface area contributed by atoms with Crippen LogP contribution in [0.4, 0.5) is 13.2 Å². The molecule has 1 aromatic rings. The van der Waals surface area contributed by atoms with E-state index in [-0.39, 0.29) is 5.75 Å². The molecule has 0 bridgehead atoms. The van der Waals surface area contributed by atoms with E-state index in [1.54, 1.807) is 6.07 Å². The van der Waals surface area contributed by atoms with Crippen LogP contribution in [-0.2, 0) is 6.42 Å². The Kier molecular flexibility index (Phi) is 3.57. The number of halogens is 3. The van der Waals surface area contributed by atoms with E-state index in [1.807, 2.05) is 6.07 Å². The molecule has 1 fully saturated rings. The largest absolute Gasteiger partial charge is 0.573 e. The molecule has 0 saturated carbocycles. The fraction of sp³-hybridized carbons (Fsp3) is 0.500. The first kappa shape index (κ1) is 12.2. The third-order valence-corrected chi connectivity index (χ3v) is 2.82. The summed E-state index contributed by atoms with van der Waals surface area (Å²) in [6.07, 6.45) is -2.75. The van der Waals surface area contributed by atoms with Gasteiger partial charge in [0.05, 0.1) is 0 Å². The number of alkyl halides is 3. The van der Waals surface area contributed by atoms with Gasteiger partial charge in [-0.3, -0.25) is 0 Å². The monoisotopic (exact) mass is 245 g/mol. The summed E-state index contributed by atoms with van der Waals surface area (Å²) in [5.41, 5.74) is 0.889. The van der Waals surface area contributed by atoms with Crippen LogP contribution in [0.15, 0.2) is 24.3 Å². The fourth-order valence-corrected chi connectivity index (χ4v) is 2.09. The van der Waals surface area contributed by atoms with E-state index in [9.17, 15) is 13.2 Å². The van der Waals surface area contributed by atoms with Gasteiger partial charge in [0.25, 0.3) is 0 Å². The zero-order valence-electron chi connectivity index (χ0n) is 9.26. The molecule has 0 radical (unpaired) electrons. The van der Waals surface area contributed by atoms with Crippen molar-refractivity contribution in [2.24, 2.45) is 5.92 Å². The number of rotatable bonds is 3. The van der Waals surface area contributed by atoms with Crippen LogP contribution in [0.25, 0.3) is 0 Å². The lowest BCUT2D eigenvalue weighted by molar-refractivity contribution is -0.274. The summed E-state index contributed by atoms with van der Waals surface area (Å²) in [7, 11) is 0. The standard InChI is InChI=1S/C12H14F3NO/c13-12(14,15)17-11-3-1-2-9(7-11)6-10-4-5-16-8-10/h1-3,7,10,16H,4-6,8H2. The van der Waals surface area contributed by atoms with Gasteiger partial charge < -0.3 is 10.1 Å². The molecule has 1 aromatic carbocycles. The fourth-order valence-electron chi connectivity index (χ4n) is 2.09. The molecular weight excluding hydrogens is 231 g/mol. The van der Waals surface area contributed by atoms with Crippen LogP contribution < -0.4 is 10.1 Å². The van der Waals surface area contributed by atoms with Crippen LogP contribution in [0.2, 0.25) is 0 Å². The minimum Gasteiger partial charge on any atom is -0.406 e. The Labute approximate surface area is 97.8 Å². The minimum atomic E-state index is -4.62. The van der Waals surface area contributed by atoms with Gasteiger partial charge in [-0.05, 0) is 49.5 Å². The van der Waals surface area contributed by atoms with Gasteiger partial charge in [-0.2, -0.15) is 0 Å². The summed E-state index contributed by atoms with van der Waals surface area (Å²) in [5, 5.41) is 3.23. The summed E-state index contributed by atoms with van der Waals surface area (Å²) in [6.45, 7) is 1.92. The molecule has 1 unspecified atom stereocenters. The molecule has 2 nitrogen and oxygen atoms in total. The van der Waals surface area contributed by atoms with Gasteiger partial charge in [0, 0.05) is 0 Å². The molecular formula is C12H14F3NO. The molecule has 0 aliphatic carbocycles. The van der Waals surface area contributed by atoms with Gasteiger partial charge in [-0.25, -0.2) is 0 Å². The lowest BCUT2D eigenvalue weighted by Gasteiger charge is -2.12. The van der Waals surface area contributed by atoms with Crippen molar-refractivity contribution >= 4 is 0 Å². The van der Waals surface area contributed by atoms with Crippen molar-refractivity contribution in [1.82, 2.24) is 5.32 Å². The van der Waals surface area contributed by atoms with Gasteiger partial charge in [0.1, 0.15) is 5.75 Å². The van der Waals surface area contributed by atoms with E-state index >= 15 is 0 Å². The normalized spacial score (nSPS) is 20.5. The minimum absolute atomic E-state index is 0.138. The zero-order valence-corrected chi connectivity index (χ0v) is 9.26. The Bertz CT molecular complexity index is 372. The van der Waals surface area contributed by atoms with Crippen LogP contribution in [0.5, 0.6) is 5.75 Å². The molecule has 0 aromatic heterocycles. The average Bonchev–Trinajstić information content (AvgIpc) is 2.68. The summed E-state index contributed by atoms with van der Waals surface area (Å²) < 4.78 is 40.0. The Morgan fingerprint density at radius 2 is 2.18 bits per heavy atom. The van der Waals surface area contributed by atoms with Crippen molar-refractivity contribution < 1.29 is 17.9 Å². The SMILES string of the molecule is FC(F)(F)Oc1cccc(CC2CCNC2)c1. The molecule has 0 amide bonds. The van der Waals surface area contributed by atoms with E-state index in [4.69, 9.17) is 0 Å². The molecule has 1 saturated heterocycles. The summed E-state index contributed by atoms with van der Waals surface area (Å²) in [4.78, 5) is 0. The third kappa shape index (κ3) is 3.93. The zero-order chi connectivity index (χ0) is 12.3. The number of hydrogen-bond donors (Lipinski definition) is 1. The first-order valence-corrected chi connectivity index (χ1v) is 5.58. The predicted molar refractivity (Wildman–Crippen MR) is 57.8 cm³/mol. The highest BCUT2D eigenvalue weighted by atomic mass is 19.4. The van der Waals surface area contributed by atoms with E-state index in [2.05, 4.69) is 10.1 Å². The Morgan fingerprint density at radius 1 is 1.35 bits per heavy atom. The van der Waals surface area contributed by atoms with Crippen LogP contribution in [0, 0.1) is 5.92 Å². The second kappa shape index (κ2) is 4.96. The first-order valence-electron chi connectivity index (χ1n) is 5.58. The molecule has 0 spiro atoms. The van der Waals surface area contributed by atoms with Crippen LogP contribution in [0.1, 0.15) is 12.0 Å². The Balaban J connectivity index is 2.00. The number of nitrogens with one attached hydrogen (secondary N) is 1. The maximum absolute atomic E-state index is 12.0. The highest BCUT2D eigenvalue weighted by molar-refractivity contribution is 5.29. The van der Waals surface area contributed by atoms with Gasteiger partial charge in [0.2, 0.25) is 0 Å². The van der Waals surface area contributed by atoms with Crippen molar-refractivity contribution in [3.8, 4) is 5.75 Å². The van der Waals surface area contributed by atoms with E-state index in [0.717, 1.165) is 31.5 Å². The summed E-state index contributed by atoms with van der Waals surface area (Å²) >= 11 is 0. The van der Waals surface area contributed by atoms with Crippen molar-refractivity contribution in [3.63, 3.8) is 0 Å². The summed E-state index contributed by atoms with van der Waals surface area (Å²) in [5.74, 6) is 0.372. The first-order chi connectivity index (χ1) is 8.03. The molecule has 1 aliphatic heterocycles. The van der Waals surface area contributed by atoms with E-state index in [1.165, 1.54) is 12.1 Å². The molecule has 2 rings (SSSR count). The van der Waals surface area contributed by atoms with Gasteiger partial charge in [0.15, 0.2) is 0 Å². The topological polar surface area (TPSA) is 21.3 Å². The molecule has 1 heterocycles. The van der Waals surface area contributed by atoms with Gasteiger partial charge in [-0.15, -0.1) is 13.2 Å². The second-order valence-corrected chi connectivity index (χ2v) is 4.26. The third-order valence-electron chi connectivity index (χ3n) is 2.82. The summed E-state index contributed by atoms with van der Waals surface area (Å²) in [6, 6.07) is 6.22. The maximum atomic E-state index is 12.0. The van der Waals surface area contributed by atoms with Crippen LogP contribution >= 0.6 is 0 Å². The molecule has 1 aliphatic rings. The smallest absolute Gasteiger partial charge is 0.406 e. The molecule has 17 heavy (non-hydrogen) atoms. The molecule has 94 valence electrons. The average molecular weight is 245 g/mol. The van der Waals surface area contributed by atoms with Crippen molar-refractivity contribution in [2.75, 3.05) is 13.1 Å². The quantitative estimate of drug-likeness (QED) is 0.884. The second-order valence-electron chi connectivity index (χ2n) is 4.26. The maximum Gasteiger partial charge on any atom is 0.573 e. The van der Waals surface area contributed by atoms with Crippen molar-refractivity contribution in [1.29, 1.82) is 0 Å². The van der Waals surface area contributed by atoms with Crippen LogP contribution in [-0.4, -0.2) is 19.5 Å². The Morgan fingerprint density at radius 3 is 2.82 bits per heavy atom. The van der Waals surface area contributed by atoms with E-state index < -0.39 is 6.36 Å². The lowest BCUT2D eigenvalue weighted by atomic mass is 9.99. The lowest BCUT2D eigenvalue weighted by Crippen LogP contribution is -2.17. The molecule has 1 atom stereocenters.